The summed E-state index contributed by atoms with van der Waals surface area (Å²) in [6.45, 7) is 2.16. The smallest absolute Gasteiger partial charge is 0.258 e. The normalized spacial score (nSPS) is 23.7. The second-order valence-corrected chi connectivity index (χ2v) is 5.09. The molecular formula is C14H19FN2O. The molecule has 0 radical (unpaired) electrons. The first-order valence-corrected chi connectivity index (χ1v) is 6.49. The van der Waals surface area contributed by atoms with E-state index in [-0.39, 0.29) is 17.5 Å². The van der Waals surface area contributed by atoms with Crippen molar-refractivity contribution < 1.29 is 9.18 Å². The van der Waals surface area contributed by atoms with Gasteiger partial charge in [0.1, 0.15) is 0 Å². The Balaban J connectivity index is 2.16. The van der Waals surface area contributed by atoms with Gasteiger partial charge in [0.05, 0.1) is 5.56 Å². The molecule has 1 aliphatic carbocycles. The molecule has 1 aromatic heterocycles. The maximum absolute atomic E-state index is 13.5. The van der Waals surface area contributed by atoms with E-state index in [1.807, 2.05) is 0 Å². The Kier molecular flexibility index (Phi) is 3.94. The SMILES string of the molecule is CC1CCCCC1N(C)C(=O)c1cccnc1F. The number of amides is 1. The van der Waals surface area contributed by atoms with E-state index < -0.39 is 5.95 Å². The van der Waals surface area contributed by atoms with E-state index in [1.54, 1.807) is 18.0 Å². The molecule has 1 saturated carbocycles. The maximum Gasteiger partial charge on any atom is 0.258 e. The zero-order valence-electron chi connectivity index (χ0n) is 10.9. The van der Waals surface area contributed by atoms with Crippen LogP contribution in [0.2, 0.25) is 0 Å². The van der Waals surface area contributed by atoms with Gasteiger partial charge in [-0.15, -0.1) is 0 Å². The highest BCUT2D eigenvalue weighted by Gasteiger charge is 2.29. The van der Waals surface area contributed by atoms with E-state index in [0.29, 0.717) is 5.92 Å². The average molecular weight is 250 g/mol. The number of rotatable bonds is 2. The quantitative estimate of drug-likeness (QED) is 0.756. The second-order valence-electron chi connectivity index (χ2n) is 5.09. The Labute approximate surface area is 107 Å². The average Bonchev–Trinajstić information content (AvgIpc) is 2.38. The van der Waals surface area contributed by atoms with Crippen molar-refractivity contribution in [3.63, 3.8) is 0 Å². The van der Waals surface area contributed by atoms with Crippen LogP contribution in [0.1, 0.15) is 43.0 Å². The predicted molar refractivity (Wildman–Crippen MR) is 67.7 cm³/mol. The van der Waals surface area contributed by atoms with Crippen molar-refractivity contribution in [3.05, 3.63) is 29.8 Å². The van der Waals surface area contributed by atoms with Gasteiger partial charge in [-0.2, -0.15) is 4.39 Å². The number of halogens is 1. The minimum absolute atomic E-state index is 0.0674. The van der Waals surface area contributed by atoms with Crippen LogP contribution in [0.3, 0.4) is 0 Å². The fraction of sp³-hybridized carbons (Fsp3) is 0.571. The Morgan fingerprint density at radius 1 is 1.44 bits per heavy atom. The van der Waals surface area contributed by atoms with Gasteiger partial charge in [-0.3, -0.25) is 4.79 Å². The molecule has 98 valence electrons. The number of carbonyl (C=O) groups is 1. The van der Waals surface area contributed by atoms with Gasteiger partial charge in [0.2, 0.25) is 5.95 Å². The molecule has 1 aliphatic rings. The van der Waals surface area contributed by atoms with Crippen LogP contribution in [-0.2, 0) is 0 Å². The first-order chi connectivity index (χ1) is 8.61. The fourth-order valence-corrected chi connectivity index (χ4v) is 2.76. The number of nitrogens with zero attached hydrogens (tertiary/aromatic N) is 2. The molecule has 18 heavy (non-hydrogen) atoms. The van der Waals surface area contributed by atoms with Crippen LogP contribution >= 0.6 is 0 Å². The van der Waals surface area contributed by atoms with Crippen molar-refractivity contribution in [2.45, 2.75) is 38.6 Å². The highest BCUT2D eigenvalue weighted by molar-refractivity contribution is 5.94. The zero-order valence-corrected chi connectivity index (χ0v) is 10.9. The van der Waals surface area contributed by atoms with Gasteiger partial charge in [-0.25, -0.2) is 4.98 Å². The summed E-state index contributed by atoms with van der Waals surface area (Å²) >= 11 is 0. The minimum atomic E-state index is -0.683. The molecule has 2 atom stereocenters. The molecular weight excluding hydrogens is 231 g/mol. The van der Waals surface area contributed by atoms with Crippen molar-refractivity contribution in [3.8, 4) is 0 Å². The molecule has 1 heterocycles. The fourth-order valence-electron chi connectivity index (χ4n) is 2.76. The summed E-state index contributed by atoms with van der Waals surface area (Å²) in [6, 6.07) is 3.30. The van der Waals surface area contributed by atoms with Crippen LogP contribution in [-0.4, -0.2) is 28.9 Å². The third kappa shape index (κ3) is 2.52. The molecule has 4 heteroatoms. The van der Waals surface area contributed by atoms with E-state index in [9.17, 15) is 9.18 Å². The van der Waals surface area contributed by atoms with Crippen LogP contribution in [0.4, 0.5) is 4.39 Å². The van der Waals surface area contributed by atoms with E-state index in [4.69, 9.17) is 0 Å². The molecule has 0 spiro atoms. The lowest BCUT2D eigenvalue weighted by atomic mass is 9.85. The number of carbonyl (C=O) groups excluding carboxylic acids is 1. The first kappa shape index (κ1) is 13.0. The van der Waals surface area contributed by atoms with Crippen LogP contribution in [0.25, 0.3) is 0 Å². The highest BCUT2D eigenvalue weighted by Crippen LogP contribution is 2.28. The highest BCUT2D eigenvalue weighted by atomic mass is 19.1. The summed E-state index contributed by atoms with van der Waals surface area (Å²) in [7, 11) is 1.77. The van der Waals surface area contributed by atoms with Crippen LogP contribution in [0.5, 0.6) is 0 Å². The summed E-state index contributed by atoms with van der Waals surface area (Å²) in [6.07, 6.45) is 5.86. The maximum atomic E-state index is 13.5. The van der Waals surface area contributed by atoms with Crippen LogP contribution in [0, 0.1) is 11.9 Å². The van der Waals surface area contributed by atoms with E-state index >= 15 is 0 Å². The van der Waals surface area contributed by atoms with E-state index in [1.165, 1.54) is 18.7 Å². The van der Waals surface area contributed by atoms with Crippen molar-refractivity contribution in [2.75, 3.05) is 7.05 Å². The Bertz CT molecular complexity index is 436. The molecule has 0 saturated heterocycles. The standard InChI is InChI=1S/C14H19FN2O/c1-10-6-3-4-8-12(10)17(2)14(18)11-7-5-9-16-13(11)15/h5,7,9-10,12H,3-4,6,8H2,1-2H3. The molecule has 1 aromatic rings. The van der Waals surface area contributed by atoms with Crippen LogP contribution in [0.15, 0.2) is 18.3 Å². The van der Waals surface area contributed by atoms with Crippen LogP contribution < -0.4 is 0 Å². The number of pyridine rings is 1. The zero-order chi connectivity index (χ0) is 13.1. The minimum Gasteiger partial charge on any atom is -0.338 e. The van der Waals surface area contributed by atoms with Gasteiger partial charge in [0, 0.05) is 19.3 Å². The molecule has 0 aromatic carbocycles. The Morgan fingerprint density at radius 3 is 2.83 bits per heavy atom. The molecule has 0 N–H and O–H groups in total. The van der Waals surface area contributed by atoms with E-state index in [0.717, 1.165) is 19.3 Å². The third-order valence-electron chi connectivity index (χ3n) is 3.87. The summed E-state index contributed by atoms with van der Waals surface area (Å²) in [5.74, 6) is -0.468. The van der Waals surface area contributed by atoms with Crippen molar-refractivity contribution >= 4 is 5.91 Å². The topological polar surface area (TPSA) is 33.2 Å². The van der Waals surface area contributed by atoms with Gasteiger partial charge in [-0.05, 0) is 30.9 Å². The monoisotopic (exact) mass is 250 g/mol. The molecule has 2 rings (SSSR count). The van der Waals surface area contributed by atoms with Gasteiger partial charge in [0.25, 0.3) is 5.91 Å². The van der Waals surface area contributed by atoms with Gasteiger partial charge in [0.15, 0.2) is 0 Å². The number of aromatic nitrogens is 1. The summed E-state index contributed by atoms with van der Waals surface area (Å²) in [4.78, 5) is 17.5. The Morgan fingerprint density at radius 2 is 2.17 bits per heavy atom. The van der Waals surface area contributed by atoms with Crippen molar-refractivity contribution in [2.24, 2.45) is 5.92 Å². The summed E-state index contributed by atoms with van der Waals surface area (Å²) in [5.41, 5.74) is 0.0674. The lowest BCUT2D eigenvalue weighted by Crippen LogP contribution is -2.43. The Hall–Kier alpha value is -1.45. The predicted octanol–water partition coefficient (Wildman–Crippen LogP) is 2.87. The second kappa shape index (κ2) is 5.46. The van der Waals surface area contributed by atoms with Crippen molar-refractivity contribution in [1.29, 1.82) is 0 Å². The summed E-state index contributed by atoms with van der Waals surface area (Å²) < 4.78 is 13.5. The van der Waals surface area contributed by atoms with Gasteiger partial charge >= 0.3 is 0 Å². The summed E-state index contributed by atoms with van der Waals surface area (Å²) in [5, 5.41) is 0. The number of hydrogen-bond acceptors (Lipinski definition) is 2. The molecule has 1 amide bonds. The molecule has 2 unspecified atom stereocenters. The first-order valence-electron chi connectivity index (χ1n) is 6.49. The van der Waals surface area contributed by atoms with Gasteiger partial charge < -0.3 is 4.90 Å². The molecule has 0 aliphatic heterocycles. The van der Waals surface area contributed by atoms with Crippen molar-refractivity contribution in [1.82, 2.24) is 9.88 Å². The molecule has 0 bridgehead atoms. The lowest BCUT2D eigenvalue weighted by molar-refractivity contribution is 0.0623. The molecule has 3 nitrogen and oxygen atoms in total. The molecule has 1 fully saturated rings. The lowest BCUT2D eigenvalue weighted by Gasteiger charge is -2.36. The van der Waals surface area contributed by atoms with E-state index in [2.05, 4.69) is 11.9 Å². The number of hydrogen-bond donors (Lipinski definition) is 0. The van der Waals surface area contributed by atoms with Gasteiger partial charge in [-0.1, -0.05) is 19.8 Å². The third-order valence-corrected chi connectivity index (χ3v) is 3.87. The largest absolute Gasteiger partial charge is 0.338 e.